The molecular weight excluding hydrogens is 250 g/mol. The van der Waals surface area contributed by atoms with Crippen molar-refractivity contribution in [1.82, 2.24) is 24.9 Å². The summed E-state index contributed by atoms with van der Waals surface area (Å²) < 4.78 is 4.01. The molecule has 0 radical (unpaired) electrons. The van der Waals surface area contributed by atoms with Gasteiger partial charge in [-0.2, -0.15) is 10.2 Å². The first-order chi connectivity index (χ1) is 9.65. The van der Waals surface area contributed by atoms with Crippen molar-refractivity contribution in [3.05, 3.63) is 34.9 Å². The van der Waals surface area contributed by atoms with Gasteiger partial charge in [0.25, 0.3) is 0 Å². The van der Waals surface area contributed by atoms with Crippen molar-refractivity contribution in [3.63, 3.8) is 0 Å². The quantitative estimate of drug-likeness (QED) is 0.787. The van der Waals surface area contributed by atoms with Gasteiger partial charge >= 0.3 is 0 Å². The molecule has 2 aromatic rings. The maximum Gasteiger partial charge on any atom is 0.0831 e. The summed E-state index contributed by atoms with van der Waals surface area (Å²) in [7, 11) is 2.00. The fourth-order valence-electron chi connectivity index (χ4n) is 2.26. The van der Waals surface area contributed by atoms with Crippen molar-refractivity contribution >= 4 is 0 Å². The van der Waals surface area contributed by atoms with Crippen molar-refractivity contribution in [3.8, 4) is 0 Å². The predicted molar refractivity (Wildman–Crippen MR) is 80.6 cm³/mol. The second-order valence-electron chi connectivity index (χ2n) is 5.19. The molecule has 0 aromatic carbocycles. The first-order valence-corrected chi connectivity index (χ1v) is 7.39. The van der Waals surface area contributed by atoms with Gasteiger partial charge in [-0.3, -0.25) is 9.36 Å². The Hall–Kier alpha value is -1.62. The lowest BCUT2D eigenvalue weighted by Crippen LogP contribution is -2.14. The smallest absolute Gasteiger partial charge is 0.0831 e. The molecule has 2 heterocycles. The van der Waals surface area contributed by atoms with Crippen LogP contribution in [-0.2, 0) is 26.6 Å². The van der Waals surface area contributed by atoms with Crippen molar-refractivity contribution in [1.29, 1.82) is 0 Å². The van der Waals surface area contributed by atoms with Gasteiger partial charge in [-0.15, -0.1) is 0 Å². The molecule has 0 atom stereocenters. The van der Waals surface area contributed by atoms with Crippen molar-refractivity contribution in [2.45, 2.75) is 46.7 Å². The fraction of sp³-hybridized carbons (Fsp3) is 0.600. The van der Waals surface area contributed by atoms with E-state index in [-0.39, 0.29) is 0 Å². The molecule has 0 saturated carbocycles. The number of aromatic nitrogens is 4. The summed E-state index contributed by atoms with van der Waals surface area (Å²) in [6, 6.07) is 2.16. The molecule has 20 heavy (non-hydrogen) atoms. The lowest BCUT2D eigenvalue weighted by Gasteiger charge is -2.06. The lowest BCUT2D eigenvalue weighted by molar-refractivity contribution is 0.603. The van der Waals surface area contributed by atoms with Crippen molar-refractivity contribution < 1.29 is 0 Å². The maximum absolute atomic E-state index is 4.50. The Morgan fingerprint density at radius 3 is 2.75 bits per heavy atom. The highest BCUT2D eigenvalue weighted by atomic mass is 15.3. The average molecular weight is 275 g/mol. The van der Waals surface area contributed by atoms with Gasteiger partial charge in [-0.25, -0.2) is 0 Å². The summed E-state index contributed by atoms with van der Waals surface area (Å²) in [6.45, 7) is 9.16. The highest BCUT2D eigenvalue weighted by Crippen LogP contribution is 2.11. The van der Waals surface area contributed by atoms with E-state index in [1.54, 1.807) is 0 Å². The summed E-state index contributed by atoms with van der Waals surface area (Å²) in [4.78, 5) is 0. The zero-order chi connectivity index (χ0) is 14.5. The molecule has 0 spiro atoms. The van der Waals surface area contributed by atoms with Gasteiger partial charge in [0.05, 0.1) is 24.1 Å². The van der Waals surface area contributed by atoms with Crippen LogP contribution in [0.5, 0.6) is 0 Å². The van der Waals surface area contributed by atoms with E-state index in [0.717, 1.165) is 38.2 Å². The van der Waals surface area contributed by atoms with E-state index in [4.69, 9.17) is 0 Å². The second kappa shape index (κ2) is 6.70. The standard InChI is InChI=1S/C15H25N5/c1-5-7-16-9-13-10-17-20(12(13)3)11-15-8-14(6-2)18-19(15)4/h8,10,16H,5-7,9,11H2,1-4H3. The van der Waals surface area contributed by atoms with E-state index in [0.29, 0.717) is 0 Å². The topological polar surface area (TPSA) is 47.7 Å². The van der Waals surface area contributed by atoms with E-state index in [1.165, 1.54) is 17.0 Å². The van der Waals surface area contributed by atoms with Crippen LogP contribution in [0, 0.1) is 6.92 Å². The number of nitrogens with one attached hydrogen (secondary N) is 1. The third-order valence-corrected chi connectivity index (χ3v) is 3.65. The highest BCUT2D eigenvalue weighted by Gasteiger charge is 2.09. The van der Waals surface area contributed by atoms with Crippen LogP contribution in [0.3, 0.4) is 0 Å². The molecule has 0 aliphatic heterocycles. The zero-order valence-electron chi connectivity index (χ0n) is 13.0. The minimum Gasteiger partial charge on any atom is -0.313 e. The van der Waals surface area contributed by atoms with Gasteiger partial charge in [0.1, 0.15) is 0 Å². The minimum absolute atomic E-state index is 0.781. The number of aryl methyl sites for hydroxylation is 2. The summed E-state index contributed by atoms with van der Waals surface area (Å²) in [5.41, 5.74) is 4.84. The Labute approximate surface area is 121 Å². The van der Waals surface area contributed by atoms with E-state index < -0.39 is 0 Å². The molecule has 5 nitrogen and oxygen atoms in total. The van der Waals surface area contributed by atoms with Crippen molar-refractivity contribution in [2.24, 2.45) is 7.05 Å². The summed E-state index contributed by atoms with van der Waals surface area (Å²) in [5.74, 6) is 0. The monoisotopic (exact) mass is 275 g/mol. The van der Waals surface area contributed by atoms with Crippen LogP contribution in [0.4, 0.5) is 0 Å². The number of nitrogens with zero attached hydrogens (tertiary/aromatic N) is 4. The summed E-state index contributed by atoms with van der Waals surface area (Å²) in [5, 5.41) is 12.4. The average Bonchev–Trinajstić information content (AvgIpc) is 2.96. The SMILES string of the molecule is CCCNCc1cnn(Cc2cc(CC)nn2C)c1C. The van der Waals surface area contributed by atoms with Crippen LogP contribution < -0.4 is 5.32 Å². The van der Waals surface area contributed by atoms with Gasteiger partial charge in [0, 0.05) is 24.8 Å². The molecular formula is C15H25N5. The van der Waals surface area contributed by atoms with E-state index >= 15 is 0 Å². The van der Waals surface area contributed by atoms with Crippen LogP contribution in [0.25, 0.3) is 0 Å². The summed E-state index contributed by atoms with van der Waals surface area (Å²) in [6.07, 6.45) is 4.09. The largest absolute Gasteiger partial charge is 0.313 e. The molecule has 0 amide bonds. The summed E-state index contributed by atoms with van der Waals surface area (Å²) >= 11 is 0. The molecule has 0 bridgehead atoms. The third-order valence-electron chi connectivity index (χ3n) is 3.65. The highest BCUT2D eigenvalue weighted by molar-refractivity contribution is 5.18. The van der Waals surface area contributed by atoms with Crippen LogP contribution in [0.2, 0.25) is 0 Å². The first kappa shape index (κ1) is 14.8. The van der Waals surface area contributed by atoms with Crippen LogP contribution in [0.1, 0.15) is 42.9 Å². The Kier molecular flexibility index (Phi) is 4.95. The van der Waals surface area contributed by atoms with Gasteiger partial charge in [0.15, 0.2) is 0 Å². The predicted octanol–water partition coefficient (Wildman–Crippen LogP) is 2.04. The van der Waals surface area contributed by atoms with E-state index in [1.807, 2.05) is 17.9 Å². The van der Waals surface area contributed by atoms with E-state index in [9.17, 15) is 0 Å². The second-order valence-corrected chi connectivity index (χ2v) is 5.19. The molecule has 5 heteroatoms. The molecule has 0 unspecified atom stereocenters. The fourth-order valence-corrected chi connectivity index (χ4v) is 2.26. The van der Waals surface area contributed by atoms with Gasteiger partial charge < -0.3 is 5.32 Å². The lowest BCUT2D eigenvalue weighted by atomic mass is 10.2. The van der Waals surface area contributed by atoms with Crippen molar-refractivity contribution in [2.75, 3.05) is 6.54 Å². The zero-order valence-corrected chi connectivity index (χ0v) is 13.0. The van der Waals surface area contributed by atoms with E-state index in [2.05, 4.69) is 47.0 Å². The number of hydrogen-bond donors (Lipinski definition) is 1. The van der Waals surface area contributed by atoms with Gasteiger partial charge in [0.2, 0.25) is 0 Å². The molecule has 0 aliphatic carbocycles. The Bertz CT molecular complexity index is 553. The van der Waals surface area contributed by atoms with Gasteiger partial charge in [-0.05, 0) is 32.4 Å². The molecule has 110 valence electrons. The Balaban J connectivity index is 2.07. The first-order valence-electron chi connectivity index (χ1n) is 7.39. The molecule has 2 aromatic heterocycles. The normalized spacial score (nSPS) is 11.2. The molecule has 1 N–H and O–H groups in total. The number of hydrogen-bond acceptors (Lipinski definition) is 3. The Morgan fingerprint density at radius 2 is 2.10 bits per heavy atom. The maximum atomic E-state index is 4.50. The van der Waals surface area contributed by atoms with Crippen LogP contribution in [-0.4, -0.2) is 26.1 Å². The minimum atomic E-state index is 0.781. The molecule has 0 saturated heterocycles. The van der Waals surface area contributed by atoms with Gasteiger partial charge in [-0.1, -0.05) is 13.8 Å². The molecule has 0 aliphatic rings. The number of rotatable bonds is 7. The molecule has 2 rings (SSSR count). The van der Waals surface area contributed by atoms with Crippen LogP contribution in [0.15, 0.2) is 12.3 Å². The Morgan fingerprint density at radius 1 is 1.30 bits per heavy atom. The van der Waals surface area contributed by atoms with Crippen LogP contribution >= 0.6 is 0 Å². The molecule has 0 fully saturated rings. The third kappa shape index (κ3) is 3.28.